The van der Waals surface area contributed by atoms with Gasteiger partial charge in [0.1, 0.15) is 11.4 Å². The highest BCUT2D eigenvalue weighted by Crippen LogP contribution is 2.35. The summed E-state index contributed by atoms with van der Waals surface area (Å²) < 4.78 is 5.17. The molecule has 144 valence electrons. The summed E-state index contributed by atoms with van der Waals surface area (Å²) in [6.45, 7) is 3.08. The number of nitrogens with one attached hydrogen (secondary N) is 1. The molecule has 2 aromatic rings. The lowest BCUT2D eigenvalue weighted by Gasteiger charge is -2.27. The Morgan fingerprint density at radius 1 is 1.15 bits per heavy atom. The number of ether oxygens (including phenoxy) is 1. The predicted molar refractivity (Wildman–Crippen MR) is 108 cm³/mol. The van der Waals surface area contributed by atoms with Gasteiger partial charge in [-0.3, -0.25) is 15.0 Å². The van der Waals surface area contributed by atoms with Crippen LogP contribution in [0.3, 0.4) is 0 Å². The molecule has 27 heavy (non-hydrogen) atoms. The molecule has 7 heteroatoms. The molecule has 1 aliphatic heterocycles. The standard InChI is InChI=1S/C20H24ClN3O3/c1-27-16-7-5-15(6-8-16)13-22-20-17(14-23-11-3-2-4-12-23)18(21)9-10-19(20)24(25)26/h5-10,22H,2-4,11-14H2,1H3. The number of likely N-dealkylation sites (tertiary alicyclic amines) is 1. The lowest BCUT2D eigenvalue weighted by molar-refractivity contribution is -0.384. The normalized spacial score (nSPS) is 14.7. The molecule has 0 saturated carbocycles. The summed E-state index contributed by atoms with van der Waals surface area (Å²) in [6.07, 6.45) is 3.55. The molecule has 0 atom stereocenters. The summed E-state index contributed by atoms with van der Waals surface area (Å²) in [5.41, 5.74) is 2.36. The Morgan fingerprint density at radius 3 is 2.48 bits per heavy atom. The Labute approximate surface area is 164 Å². The number of hydrogen-bond acceptors (Lipinski definition) is 5. The number of nitro groups is 1. The topological polar surface area (TPSA) is 67.6 Å². The molecule has 0 bridgehead atoms. The van der Waals surface area contributed by atoms with E-state index in [1.54, 1.807) is 13.2 Å². The van der Waals surface area contributed by atoms with Crippen LogP contribution in [-0.2, 0) is 13.1 Å². The maximum atomic E-state index is 11.6. The van der Waals surface area contributed by atoms with Gasteiger partial charge in [0.15, 0.2) is 0 Å². The van der Waals surface area contributed by atoms with Crippen molar-refractivity contribution in [1.29, 1.82) is 0 Å². The van der Waals surface area contributed by atoms with Gasteiger partial charge in [0.05, 0.1) is 12.0 Å². The third-order valence-electron chi connectivity index (χ3n) is 4.89. The molecule has 0 spiro atoms. The molecule has 1 saturated heterocycles. The van der Waals surface area contributed by atoms with Crippen molar-refractivity contribution in [3.63, 3.8) is 0 Å². The van der Waals surface area contributed by atoms with Gasteiger partial charge < -0.3 is 10.1 Å². The van der Waals surface area contributed by atoms with Crippen LogP contribution >= 0.6 is 11.6 Å². The van der Waals surface area contributed by atoms with Gasteiger partial charge in [-0.25, -0.2) is 0 Å². The zero-order valence-electron chi connectivity index (χ0n) is 15.4. The second-order valence-corrected chi connectivity index (χ2v) is 7.12. The van der Waals surface area contributed by atoms with Crippen molar-refractivity contribution in [2.24, 2.45) is 0 Å². The molecule has 1 aliphatic rings. The van der Waals surface area contributed by atoms with E-state index in [0.29, 0.717) is 23.8 Å². The van der Waals surface area contributed by atoms with Gasteiger partial charge >= 0.3 is 0 Å². The average Bonchev–Trinajstić information content (AvgIpc) is 2.69. The molecule has 0 aromatic heterocycles. The molecular formula is C20H24ClN3O3. The van der Waals surface area contributed by atoms with Gasteiger partial charge in [0, 0.05) is 29.7 Å². The van der Waals surface area contributed by atoms with Crippen LogP contribution in [0, 0.1) is 10.1 Å². The number of nitro benzene ring substituents is 1. The van der Waals surface area contributed by atoms with E-state index in [1.165, 1.54) is 12.5 Å². The Morgan fingerprint density at radius 2 is 1.85 bits per heavy atom. The molecule has 0 unspecified atom stereocenters. The lowest BCUT2D eigenvalue weighted by atomic mass is 10.1. The molecule has 0 amide bonds. The fraction of sp³-hybridized carbons (Fsp3) is 0.400. The highest BCUT2D eigenvalue weighted by atomic mass is 35.5. The molecule has 2 aromatic carbocycles. The van der Waals surface area contributed by atoms with E-state index in [2.05, 4.69) is 10.2 Å². The second kappa shape index (κ2) is 9.06. The SMILES string of the molecule is COc1ccc(CNc2c([N+](=O)[O-])ccc(Cl)c2CN2CCCCC2)cc1. The van der Waals surface area contributed by atoms with Crippen LogP contribution in [-0.4, -0.2) is 30.0 Å². The molecule has 1 fully saturated rings. The van der Waals surface area contributed by atoms with Crippen molar-refractivity contribution < 1.29 is 9.66 Å². The number of halogens is 1. The van der Waals surface area contributed by atoms with Crippen molar-refractivity contribution in [2.45, 2.75) is 32.4 Å². The molecule has 0 aliphatic carbocycles. The zero-order chi connectivity index (χ0) is 19.2. The summed E-state index contributed by atoms with van der Waals surface area (Å²) in [5, 5.41) is 15.4. The van der Waals surface area contributed by atoms with E-state index in [4.69, 9.17) is 16.3 Å². The van der Waals surface area contributed by atoms with E-state index < -0.39 is 0 Å². The number of piperidine rings is 1. The highest BCUT2D eigenvalue weighted by molar-refractivity contribution is 6.32. The first-order valence-electron chi connectivity index (χ1n) is 9.13. The smallest absolute Gasteiger partial charge is 0.292 e. The Bertz CT molecular complexity index is 790. The van der Waals surface area contributed by atoms with Crippen LogP contribution in [0.2, 0.25) is 5.02 Å². The number of anilines is 1. The van der Waals surface area contributed by atoms with Crippen LogP contribution in [0.15, 0.2) is 36.4 Å². The lowest BCUT2D eigenvalue weighted by Crippen LogP contribution is -2.29. The fourth-order valence-electron chi connectivity index (χ4n) is 3.39. The number of nitrogens with zero attached hydrogens (tertiary/aromatic N) is 2. The first-order chi connectivity index (χ1) is 13.1. The number of benzene rings is 2. The van der Waals surface area contributed by atoms with Crippen molar-refractivity contribution in [3.8, 4) is 5.75 Å². The predicted octanol–water partition coefficient (Wildman–Crippen LogP) is 4.85. The first kappa shape index (κ1) is 19.5. The Balaban J connectivity index is 1.85. The average molecular weight is 390 g/mol. The third-order valence-corrected chi connectivity index (χ3v) is 5.24. The van der Waals surface area contributed by atoms with Crippen LogP contribution in [0.5, 0.6) is 5.75 Å². The number of methoxy groups -OCH3 is 1. The molecule has 3 rings (SSSR count). The van der Waals surface area contributed by atoms with Crippen LogP contribution in [0.1, 0.15) is 30.4 Å². The van der Waals surface area contributed by atoms with Gasteiger partial charge in [-0.15, -0.1) is 0 Å². The molecule has 0 radical (unpaired) electrons. The Kier molecular flexibility index (Phi) is 6.53. The Hall–Kier alpha value is -2.31. The van der Waals surface area contributed by atoms with Crippen molar-refractivity contribution in [1.82, 2.24) is 4.90 Å². The molecular weight excluding hydrogens is 366 g/mol. The van der Waals surface area contributed by atoms with Gasteiger partial charge in [0.25, 0.3) is 5.69 Å². The largest absolute Gasteiger partial charge is 0.497 e. The van der Waals surface area contributed by atoms with E-state index in [1.807, 2.05) is 24.3 Å². The first-order valence-corrected chi connectivity index (χ1v) is 9.51. The third kappa shape index (κ3) is 4.90. The summed E-state index contributed by atoms with van der Waals surface area (Å²) in [4.78, 5) is 13.5. The maximum absolute atomic E-state index is 11.6. The highest BCUT2D eigenvalue weighted by Gasteiger charge is 2.22. The number of rotatable bonds is 7. The summed E-state index contributed by atoms with van der Waals surface area (Å²) >= 11 is 6.44. The number of hydrogen-bond donors (Lipinski definition) is 1. The minimum atomic E-state index is -0.355. The van der Waals surface area contributed by atoms with Crippen LogP contribution in [0.4, 0.5) is 11.4 Å². The van der Waals surface area contributed by atoms with Crippen molar-refractivity contribution in [2.75, 3.05) is 25.5 Å². The van der Waals surface area contributed by atoms with E-state index in [0.717, 1.165) is 42.8 Å². The molecule has 1 N–H and O–H groups in total. The monoisotopic (exact) mass is 389 g/mol. The minimum Gasteiger partial charge on any atom is -0.497 e. The van der Waals surface area contributed by atoms with Crippen LogP contribution in [0.25, 0.3) is 0 Å². The maximum Gasteiger partial charge on any atom is 0.292 e. The van der Waals surface area contributed by atoms with Crippen LogP contribution < -0.4 is 10.1 Å². The quantitative estimate of drug-likeness (QED) is 0.541. The van der Waals surface area contributed by atoms with E-state index in [-0.39, 0.29) is 10.6 Å². The molecule has 6 nitrogen and oxygen atoms in total. The van der Waals surface area contributed by atoms with E-state index in [9.17, 15) is 10.1 Å². The van der Waals surface area contributed by atoms with E-state index >= 15 is 0 Å². The molecule has 1 heterocycles. The van der Waals surface area contributed by atoms with Gasteiger partial charge in [-0.05, 0) is 49.7 Å². The van der Waals surface area contributed by atoms with Crippen molar-refractivity contribution in [3.05, 3.63) is 62.7 Å². The van der Waals surface area contributed by atoms with Gasteiger partial charge in [-0.2, -0.15) is 0 Å². The van der Waals surface area contributed by atoms with Gasteiger partial charge in [0.2, 0.25) is 0 Å². The minimum absolute atomic E-state index is 0.0555. The zero-order valence-corrected chi connectivity index (χ0v) is 16.2. The summed E-state index contributed by atoms with van der Waals surface area (Å²) in [6, 6.07) is 10.7. The summed E-state index contributed by atoms with van der Waals surface area (Å²) in [5.74, 6) is 0.776. The second-order valence-electron chi connectivity index (χ2n) is 6.72. The van der Waals surface area contributed by atoms with Gasteiger partial charge in [-0.1, -0.05) is 30.2 Å². The van der Waals surface area contributed by atoms with Crippen molar-refractivity contribution >= 4 is 23.0 Å². The fourth-order valence-corrected chi connectivity index (χ4v) is 3.61. The summed E-state index contributed by atoms with van der Waals surface area (Å²) in [7, 11) is 1.62.